The first kappa shape index (κ1) is 15.0. The molecule has 0 atom stereocenters. The van der Waals surface area contributed by atoms with Crippen molar-refractivity contribution in [2.75, 3.05) is 19.6 Å². The van der Waals surface area contributed by atoms with Gasteiger partial charge in [-0.3, -0.25) is 9.69 Å². The van der Waals surface area contributed by atoms with Crippen molar-refractivity contribution < 1.29 is 4.79 Å². The van der Waals surface area contributed by atoms with Crippen LogP contribution in [0.2, 0.25) is 0 Å². The maximum Gasteiger partial charge on any atom is 0.234 e. The van der Waals surface area contributed by atoms with Crippen molar-refractivity contribution in [1.82, 2.24) is 10.2 Å². The summed E-state index contributed by atoms with van der Waals surface area (Å²) in [6, 6.07) is 12.6. The topological polar surface area (TPSA) is 58.4 Å². The van der Waals surface area contributed by atoms with E-state index in [1.54, 1.807) is 0 Å². The van der Waals surface area contributed by atoms with Crippen LogP contribution in [0.15, 0.2) is 36.4 Å². The predicted molar refractivity (Wildman–Crippen MR) is 89.4 cm³/mol. The lowest BCUT2D eigenvalue weighted by atomic mass is 10.0. The Balaban J connectivity index is 1.60. The van der Waals surface area contributed by atoms with Gasteiger partial charge in [-0.25, -0.2) is 0 Å². The molecule has 1 fully saturated rings. The Morgan fingerprint density at radius 1 is 1.05 bits per heavy atom. The monoisotopic (exact) mass is 297 g/mol. The highest BCUT2D eigenvalue weighted by Crippen LogP contribution is 2.18. The number of fused-ring (bicyclic) bond motifs is 1. The van der Waals surface area contributed by atoms with Gasteiger partial charge in [0.1, 0.15) is 0 Å². The van der Waals surface area contributed by atoms with Crippen LogP contribution < -0.4 is 11.1 Å². The molecule has 0 spiro atoms. The number of likely N-dealkylation sites (tertiary alicyclic amines) is 1. The maximum absolute atomic E-state index is 12.0. The van der Waals surface area contributed by atoms with Crippen LogP contribution in [-0.2, 0) is 17.9 Å². The van der Waals surface area contributed by atoms with E-state index in [1.807, 2.05) is 0 Å². The quantitative estimate of drug-likeness (QED) is 0.887. The third-order valence-electron chi connectivity index (χ3n) is 4.26. The molecule has 22 heavy (non-hydrogen) atoms. The van der Waals surface area contributed by atoms with Crippen LogP contribution in [0.25, 0.3) is 10.8 Å². The molecule has 0 bridgehead atoms. The van der Waals surface area contributed by atoms with Gasteiger partial charge in [0.05, 0.1) is 6.54 Å². The van der Waals surface area contributed by atoms with E-state index in [1.165, 1.54) is 23.6 Å². The molecule has 1 heterocycles. The first-order valence-corrected chi connectivity index (χ1v) is 7.95. The first-order valence-electron chi connectivity index (χ1n) is 7.95. The predicted octanol–water partition coefficient (Wildman–Crippen LogP) is 2.01. The van der Waals surface area contributed by atoms with Gasteiger partial charge in [0.25, 0.3) is 0 Å². The molecule has 0 saturated carbocycles. The second-order valence-electron chi connectivity index (χ2n) is 5.98. The van der Waals surface area contributed by atoms with E-state index in [4.69, 9.17) is 5.73 Å². The van der Waals surface area contributed by atoms with Crippen LogP contribution in [0.5, 0.6) is 0 Å². The van der Waals surface area contributed by atoms with Crippen molar-refractivity contribution in [3.63, 3.8) is 0 Å². The normalized spacial score (nSPS) is 15.3. The first-order chi connectivity index (χ1) is 10.7. The Hall–Kier alpha value is -1.91. The van der Waals surface area contributed by atoms with E-state index >= 15 is 0 Å². The van der Waals surface area contributed by atoms with Gasteiger partial charge in [-0.05, 0) is 60.0 Å². The Kier molecular flexibility index (Phi) is 4.71. The largest absolute Gasteiger partial charge is 0.351 e. The molecule has 1 aliphatic heterocycles. The van der Waals surface area contributed by atoms with Crippen LogP contribution in [-0.4, -0.2) is 30.4 Å². The van der Waals surface area contributed by atoms with Crippen LogP contribution in [0.4, 0.5) is 0 Å². The molecule has 3 rings (SSSR count). The lowest BCUT2D eigenvalue weighted by Crippen LogP contribution is -2.35. The standard InChI is InChI=1S/C18H23N3O/c19-11-14-3-5-17-10-15(4-6-16(17)9-14)12-20-18(22)13-21-7-1-2-8-21/h3-6,9-10H,1-2,7-8,11-13,19H2,(H,20,22). The Morgan fingerprint density at radius 2 is 1.68 bits per heavy atom. The van der Waals surface area contributed by atoms with Gasteiger partial charge in [-0.2, -0.15) is 0 Å². The lowest BCUT2D eigenvalue weighted by molar-refractivity contribution is -0.122. The van der Waals surface area contributed by atoms with Crippen molar-refractivity contribution >= 4 is 16.7 Å². The molecule has 0 aliphatic carbocycles. The molecule has 4 nitrogen and oxygen atoms in total. The van der Waals surface area contributed by atoms with Crippen molar-refractivity contribution in [3.8, 4) is 0 Å². The summed E-state index contributed by atoms with van der Waals surface area (Å²) in [5.74, 6) is 0.112. The van der Waals surface area contributed by atoms with Crippen molar-refractivity contribution in [1.29, 1.82) is 0 Å². The van der Waals surface area contributed by atoms with Gasteiger partial charge in [-0.1, -0.05) is 24.3 Å². The molecular formula is C18H23N3O. The minimum Gasteiger partial charge on any atom is -0.351 e. The van der Waals surface area contributed by atoms with Gasteiger partial charge < -0.3 is 11.1 Å². The summed E-state index contributed by atoms with van der Waals surface area (Å²) in [5, 5.41) is 5.39. The summed E-state index contributed by atoms with van der Waals surface area (Å²) < 4.78 is 0. The van der Waals surface area contributed by atoms with Gasteiger partial charge in [0, 0.05) is 13.1 Å². The molecule has 1 amide bonds. The number of amides is 1. The summed E-state index contributed by atoms with van der Waals surface area (Å²) in [6.45, 7) is 3.76. The number of carbonyl (C=O) groups is 1. The van der Waals surface area contributed by atoms with Gasteiger partial charge in [0.2, 0.25) is 5.91 Å². The van der Waals surface area contributed by atoms with Gasteiger partial charge >= 0.3 is 0 Å². The number of nitrogens with two attached hydrogens (primary N) is 1. The zero-order valence-corrected chi connectivity index (χ0v) is 12.8. The molecule has 1 saturated heterocycles. The summed E-state index contributed by atoms with van der Waals surface area (Å²) >= 11 is 0. The Labute approximate surface area is 131 Å². The van der Waals surface area contributed by atoms with Crippen LogP contribution in [0, 0.1) is 0 Å². The highest BCUT2D eigenvalue weighted by atomic mass is 16.2. The summed E-state index contributed by atoms with van der Waals surface area (Å²) in [5.41, 5.74) is 7.93. The van der Waals surface area contributed by atoms with Crippen LogP contribution in [0.3, 0.4) is 0 Å². The van der Waals surface area contributed by atoms with E-state index in [0.29, 0.717) is 19.6 Å². The Morgan fingerprint density at radius 3 is 2.36 bits per heavy atom. The number of nitrogens with zero attached hydrogens (tertiary/aromatic N) is 1. The van der Waals surface area contributed by atoms with Crippen LogP contribution >= 0.6 is 0 Å². The zero-order chi connectivity index (χ0) is 15.4. The number of hydrogen-bond acceptors (Lipinski definition) is 3. The molecule has 1 aliphatic rings. The summed E-state index contributed by atoms with van der Waals surface area (Å²) in [4.78, 5) is 14.2. The van der Waals surface area contributed by atoms with Crippen molar-refractivity contribution in [3.05, 3.63) is 47.5 Å². The molecule has 0 aromatic heterocycles. The fourth-order valence-corrected chi connectivity index (χ4v) is 2.98. The molecule has 0 radical (unpaired) electrons. The third-order valence-corrected chi connectivity index (χ3v) is 4.26. The molecule has 4 heteroatoms. The molecule has 0 unspecified atom stereocenters. The molecule has 116 valence electrons. The van der Waals surface area contributed by atoms with E-state index in [0.717, 1.165) is 24.2 Å². The molecule has 2 aromatic carbocycles. The number of rotatable bonds is 5. The number of benzene rings is 2. The van der Waals surface area contributed by atoms with E-state index in [-0.39, 0.29) is 5.91 Å². The van der Waals surface area contributed by atoms with E-state index in [9.17, 15) is 4.79 Å². The summed E-state index contributed by atoms with van der Waals surface area (Å²) in [6.07, 6.45) is 2.42. The summed E-state index contributed by atoms with van der Waals surface area (Å²) in [7, 11) is 0. The number of nitrogens with one attached hydrogen (secondary N) is 1. The SMILES string of the molecule is NCc1ccc2cc(CNC(=O)CN3CCCC3)ccc2c1. The highest BCUT2D eigenvalue weighted by Gasteiger charge is 2.14. The molecule has 2 aromatic rings. The molecular weight excluding hydrogens is 274 g/mol. The fourth-order valence-electron chi connectivity index (χ4n) is 2.98. The fraction of sp³-hybridized carbons (Fsp3) is 0.389. The number of hydrogen-bond donors (Lipinski definition) is 2. The van der Waals surface area contributed by atoms with Crippen LogP contribution in [0.1, 0.15) is 24.0 Å². The molecule has 3 N–H and O–H groups in total. The van der Waals surface area contributed by atoms with Crippen molar-refractivity contribution in [2.45, 2.75) is 25.9 Å². The van der Waals surface area contributed by atoms with Crippen molar-refractivity contribution in [2.24, 2.45) is 5.73 Å². The average Bonchev–Trinajstić information content (AvgIpc) is 3.05. The zero-order valence-electron chi connectivity index (χ0n) is 12.8. The Bertz CT molecular complexity index is 662. The maximum atomic E-state index is 12.0. The third kappa shape index (κ3) is 3.64. The smallest absolute Gasteiger partial charge is 0.234 e. The highest BCUT2D eigenvalue weighted by molar-refractivity contribution is 5.84. The van der Waals surface area contributed by atoms with Gasteiger partial charge in [-0.15, -0.1) is 0 Å². The second kappa shape index (κ2) is 6.90. The minimum atomic E-state index is 0.112. The van der Waals surface area contributed by atoms with Gasteiger partial charge in [0.15, 0.2) is 0 Å². The average molecular weight is 297 g/mol. The lowest BCUT2D eigenvalue weighted by Gasteiger charge is -2.14. The second-order valence-corrected chi connectivity index (χ2v) is 5.98. The minimum absolute atomic E-state index is 0.112. The van der Waals surface area contributed by atoms with E-state index < -0.39 is 0 Å². The van der Waals surface area contributed by atoms with E-state index in [2.05, 4.69) is 46.6 Å². The number of carbonyl (C=O) groups excluding carboxylic acids is 1.